The lowest BCUT2D eigenvalue weighted by molar-refractivity contribution is 0.0954. The van der Waals surface area contributed by atoms with Crippen molar-refractivity contribution in [3.05, 3.63) is 64.5 Å². The maximum absolute atomic E-state index is 12.1. The smallest absolute Gasteiger partial charge is 0.251 e. The minimum absolute atomic E-state index is 0.111. The van der Waals surface area contributed by atoms with Gasteiger partial charge in [0.05, 0.1) is 0 Å². The zero-order valence-electron chi connectivity index (χ0n) is 15.5. The van der Waals surface area contributed by atoms with Crippen molar-refractivity contribution in [3.63, 3.8) is 0 Å². The van der Waals surface area contributed by atoms with Crippen LogP contribution in [0.5, 0.6) is 0 Å². The summed E-state index contributed by atoms with van der Waals surface area (Å²) in [4.78, 5) is 16.7. The summed E-state index contributed by atoms with van der Waals surface area (Å²) in [5, 5.41) is 17.6. The zero-order chi connectivity index (χ0) is 19.8. The first-order valence-corrected chi connectivity index (χ1v) is 9.81. The van der Waals surface area contributed by atoms with Crippen LogP contribution in [0.3, 0.4) is 0 Å². The van der Waals surface area contributed by atoms with E-state index in [2.05, 4.69) is 47.1 Å². The number of rotatable bonds is 7. The predicted molar refractivity (Wildman–Crippen MR) is 112 cm³/mol. The normalized spacial score (nSPS) is 11.4. The van der Waals surface area contributed by atoms with E-state index < -0.39 is 0 Å². The van der Waals surface area contributed by atoms with Crippen LogP contribution in [0.2, 0.25) is 0 Å². The zero-order valence-corrected chi connectivity index (χ0v) is 17.1. The molecular formula is C19H22BrN7O. The Balaban J connectivity index is 1.51. The number of nitrogens with one attached hydrogen (secondary N) is 3. The lowest BCUT2D eigenvalue weighted by Gasteiger charge is -2.11. The largest absolute Gasteiger partial charge is 0.357 e. The minimum Gasteiger partial charge on any atom is -0.357 e. The van der Waals surface area contributed by atoms with E-state index >= 15 is 0 Å². The highest BCUT2D eigenvalue weighted by Crippen LogP contribution is 2.11. The van der Waals surface area contributed by atoms with E-state index in [1.165, 1.54) is 0 Å². The van der Waals surface area contributed by atoms with E-state index in [0.717, 1.165) is 22.5 Å². The summed E-state index contributed by atoms with van der Waals surface area (Å²) in [6, 6.07) is 13.0. The van der Waals surface area contributed by atoms with Crippen LogP contribution in [0.4, 0.5) is 0 Å². The molecule has 2 aromatic heterocycles. The summed E-state index contributed by atoms with van der Waals surface area (Å²) >= 11 is 3.37. The molecule has 3 N–H and O–H groups in total. The fourth-order valence-electron chi connectivity index (χ4n) is 2.58. The highest BCUT2D eigenvalue weighted by Gasteiger charge is 2.06. The van der Waals surface area contributed by atoms with Crippen LogP contribution in [0.15, 0.2) is 58.1 Å². The van der Waals surface area contributed by atoms with Gasteiger partial charge in [-0.1, -0.05) is 28.1 Å². The van der Waals surface area contributed by atoms with Gasteiger partial charge in [0.15, 0.2) is 17.4 Å². The molecule has 0 fully saturated rings. The van der Waals surface area contributed by atoms with Gasteiger partial charge < -0.3 is 16.0 Å². The van der Waals surface area contributed by atoms with Gasteiger partial charge in [0.1, 0.15) is 6.54 Å². The van der Waals surface area contributed by atoms with Crippen LogP contribution in [0.1, 0.15) is 23.1 Å². The molecule has 3 rings (SSSR count). The maximum Gasteiger partial charge on any atom is 0.251 e. The molecule has 0 atom stereocenters. The number of aromatic nitrogens is 3. The van der Waals surface area contributed by atoms with Crippen molar-refractivity contribution in [2.24, 2.45) is 4.99 Å². The minimum atomic E-state index is -0.111. The fraction of sp³-hybridized carbons (Fsp3) is 0.263. The second kappa shape index (κ2) is 9.84. The topological polar surface area (TPSA) is 95.7 Å². The molecule has 2 heterocycles. The van der Waals surface area contributed by atoms with Crippen LogP contribution < -0.4 is 16.0 Å². The van der Waals surface area contributed by atoms with E-state index in [4.69, 9.17) is 0 Å². The van der Waals surface area contributed by atoms with E-state index in [1.807, 2.05) is 47.9 Å². The van der Waals surface area contributed by atoms with E-state index in [0.29, 0.717) is 31.2 Å². The molecule has 1 amide bonds. The number of hydrogen-bond acceptors (Lipinski definition) is 4. The Morgan fingerprint density at radius 2 is 1.96 bits per heavy atom. The number of guanidine groups is 1. The first kappa shape index (κ1) is 19.8. The van der Waals surface area contributed by atoms with Crippen LogP contribution in [-0.2, 0) is 6.54 Å². The highest BCUT2D eigenvalue weighted by molar-refractivity contribution is 9.10. The summed E-state index contributed by atoms with van der Waals surface area (Å²) in [6.45, 7) is 4.15. The summed E-state index contributed by atoms with van der Waals surface area (Å²) in [6.07, 6.45) is 1.91. The van der Waals surface area contributed by atoms with Gasteiger partial charge >= 0.3 is 0 Å². The standard InChI is InChI=1S/C19H22BrN7O/c1-2-21-19(24-13-17-26-25-16-8-3-4-11-27(16)17)23-10-9-22-18(28)14-6-5-7-15(20)12-14/h3-8,11-12H,2,9-10,13H2,1H3,(H,22,28)(H2,21,23,24). The number of amides is 1. The molecule has 0 radical (unpaired) electrons. The molecular weight excluding hydrogens is 422 g/mol. The first-order chi connectivity index (χ1) is 13.7. The van der Waals surface area contributed by atoms with Crippen molar-refractivity contribution in [1.82, 2.24) is 30.5 Å². The van der Waals surface area contributed by atoms with Crippen LogP contribution in [-0.4, -0.2) is 46.1 Å². The predicted octanol–water partition coefficient (Wildman–Crippen LogP) is 1.98. The van der Waals surface area contributed by atoms with Gasteiger partial charge in [-0.25, -0.2) is 4.99 Å². The van der Waals surface area contributed by atoms with E-state index in [9.17, 15) is 4.79 Å². The fourth-order valence-corrected chi connectivity index (χ4v) is 2.98. The van der Waals surface area contributed by atoms with Crippen molar-refractivity contribution in [1.29, 1.82) is 0 Å². The Hall–Kier alpha value is -2.94. The molecule has 0 bridgehead atoms. The third kappa shape index (κ3) is 5.29. The van der Waals surface area contributed by atoms with Crippen LogP contribution >= 0.6 is 15.9 Å². The Morgan fingerprint density at radius 1 is 1.11 bits per heavy atom. The van der Waals surface area contributed by atoms with Crippen molar-refractivity contribution < 1.29 is 4.79 Å². The van der Waals surface area contributed by atoms with E-state index in [-0.39, 0.29) is 5.91 Å². The molecule has 0 spiro atoms. The average molecular weight is 444 g/mol. The molecule has 0 saturated heterocycles. The molecule has 0 unspecified atom stereocenters. The molecule has 0 saturated carbocycles. The summed E-state index contributed by atoms with van der Waals surface area (Å²) in [5.74, 6) is 1.31. The SMILES string of the molecule is CCNC(=NCc1nnc2ccccn12)NCCNC(=O)c1cccc(Br)c1. The van der Waals surface area contributed by atoms with Gasteiger partial charge in [-0.15, -0.1) is 10.2 Å². The second-order valence-electron chi connectivity index (χ2n) is 5.93. The lowest BCUT2D eigenvalue weighted by Crippen LogP contribution is -2.41. The molecule has 8 nitrogen and oxygen atoms in total. The van der Waals surface area contributed by atoms with Gasteiger partial charge in [-0.05, 0) is 37.3 Å². The van der Waals surface area contributed by atoms with Crippen molar-refractivity contribution in [3.8, 4) is 0 Å². The van der Waals surface area contributed by atoms with Gasteiger partial charge in [-0.3, -0.25) is 9.20 Å². The summed E-state index contributed by atoms with van der Waals surface area (Å²) in [5.41, 5.74) is 1.41. The summed E-state index contributed by atoms with van der Waals surface area (Å²) in [7, 11) is 0. The molecule has 0 aliphatic heterocycles. The number of aliphatic imine (C=N–C) groups is 1. The monoisotopic (exact) mass is 443 g/mol. The third-order valence-electron chi connectivity index (χ3n) is 3.90. The number of fused-ring (bicyclic) bond motifs is 1. The molecule has 0 aliphatic rings. The van der Waals surface area contributed by atoms with Crippen LogP contribution in [0.25, 0.3) is 5.65 Å². The second-order valence-corrected chi connectivity index (χ2v) is 6.85. The van der Waals surface area contributed by atoms with Gasteiger partial charge in [0.2, 0.25) is 0 Å². The number of halogens is 1. The molecule has 1 aromatic carbocycles. The van der Waals surface area contributed by atoms with Gasteiger partial charge in [0.25, 0.3) is 5.91 Å². The molecule has 9 heteroatoms. The van der Waals surface area contributed by atoms with Crippen molar-refractivity contribution >= 4 is 33.4 Å². The number of carbonyl (C=O) groups is 1. The Labute approximate surface area is 171 Å². The number of benzene rings is 1. The number of pyridine rings is 1. The third-order valence-corrected chi connectivity index (χ3v) is 4.39. The number of carbonyl (C=O) groups excluding carboxylic acids is 1. The Morgan fingerprint density at radius 3 is 2.79 bits per heavy atom. The van der Waals surface area contributed by atoms with Crippen molar-refractivity contribution in [2.75, 3.05) is 19.6 Å². The van der Waals surface area contributed by atoms with Gasteiger partial charge in [-0.2, -0.15) is 0 Å². The molecule has 146 valence electrons. The van der Waals surface area contributed by atoms with Crippen molar-refractivity contribution in [2.45, 2.75) is 13.5 Å². The number of nitrogens with zero attached hydrogens (tertiary/aromatic N) is 4. The molecule has 3 aromatic rings. The molecule has 0 aliphatic carbocycles. The Kier molecular flexibility index (Phi) is 6.96. The lowest BCUT2D eigenvalue weighted by atomic mass is 10.2. The molecule has 28 heavy (non-hydrogen) atoms. The quantitative estimate of drug-likeness (QED) is 0.294. The highest BCUT2D eigenvalue weighted by atomic mass is 79.9. The Bertz CT molecular complexity index is 970. The summed E-state index contributed by atoms with van der Waals surface area (Å²) < 4.78 is 2.78. The van der Waals surface area contributed by atoms with Gasteiger partial charge in [0, 0.05) is 35.9 Å². The number of hydrogen-bond donors (Lipinski definition) is 3. The first-order valence-electron chi connectivity index (χ1n) is 9.02. The van der Waals surface area contributed by atoms with E-state index in [1.54, 1.807) is 12.1 Å². The average Bonchev–Trinajstić information content (AvgIpc) is 3.12. The van der Waals surface area contributed by atoms with Crippen LogP contribution in [0, 0.1) is 0 Å². The maximum atomic E-state index is 12.1.